The monoisotopic (exact) mass is 291 g/mol. The van der Waals surface area contributed by atoms with Crippen LogP contribution < -0.4 is 0 Å². The molecule has 4 nitrogen and oxygen atoms in total. The first kappa shape index (κ1) is 13.9. The van der Waals surface area contributed by atoms with Gasteiger partial charge in [-0.15, -0.1) is 11.3 Å². The summed E-state index contributed by atoms with van der Waals surface area (Å²) in [6.07, 6.45) is 0.664. The van der Waals surface area contributed by atoms with Crippen LogP contribution in [0.4, 0.5) is 0 Å². The van der Waals surface area contributed by atoms with Crippen LogP contribution in [0, 0.1) is 0 Å². The summed E-state index contributed by atoms with van der Waals surface area (Å²) in [4.78, 5) is 9.25. The van der Waals surface area contributed by atoms with Gasteiger partial charge in [0.1, 0.15) is 5.01 Å². The number of para-hydroxylation sites is 1. The van der Waals surface area contributed by atoms with Crippen molar-refractivity contribution >= 4 is 21.6 Å². The van der Waals surface area contributed by atoms with Crippen LogP contribution in [0.3, 0.4) is 0 Å². The van der Waals surface area contributed by atoms with Crippen LogP contribution in [0.15, 0.2) is 24.3 Å². The molecule has 2 heterocycles. The summed E-state index contributed by atoms with van der Waals surface area (Å²) in [6, 6.07) is 8.68. The molecule has 1 aromatic carbocycles. The molecule has 0 spiro atoms. The van der Waals surface area contributed by atoms with Crippen LogP contribution in [0.5, 0.6) is 0 Å². The van der Waals surface area contributed by atoms with Crippen LogP contribution >= 0.6 is 11.3 Å². The standard InChI is InChI=1S/C15H21N3OS/c1-17(2)8-11-7-12(19)9-18(11)10-15-16-13-5-3-4-6-14(13)20-15/h3-6,11-12,19H,7-10H2,1-2H3. The SMILES string of the molecule is CN(C)CC1CC(O)CN1Cc1nc2ccccc2s1. The van der Waals surface area contributed by atoms with Gasteiger partial charge in [-0.05, 0) is 32.6 Å². The quantitative estimate of drug-likeness (QED) is 0.932. The van der Waals surface area contributed by atoms with Gasteiger partial charge < -0.3 is 10.0 Å². The molecule has 0 amide bonds. The molecule has 1 aliphatic heterocycles. The summed E-state index contributed by atoms with van der Waals surface area (Å²) in [5.74, 6) is 0. The smallest absolute Gasteiger partial charge is 0.108 e. The summed E-state index contributed by atoms with van der Waals surface area (Å²) in [7, 11) is 4.17. The number of likely N-dealkylation sites (N-methyl/N-ethyl adjacent to an activating group) is 1. The first-order chi connectivity index (χ1) is 9.61. The molecular formula is C15H21N3OS. The number of hydrogen-bond donors (Lipinski definition) is 1. The van der Waals surface area contributed by atoms with E-state index in [0.717, 1.165) is 36.6 Å². The number of thiazole rings is 1. The lowest BCUT2D eigenvalue weighted by Crippen LogP contribution is -2.37. The number of aliphatic hydroxyl groups excluding tert-OH is 1. The Morgan fingerprint density at radius 3 is 2.95 bits per heavy atom. The van der Waals surface area contributed by atoms with E-state index in [4.69, 9.17) is 4.98 Å². The lowest BCUT2D eigenvalue weighted by molar-refractivity contribution is 0.169. The van der Waals surface area contributed by atoms with Gasteiger partial charge in [0.2, 0.25) is 0 Å². The zero-order chi connectivity index (χ0) is 14.1. The molecule has 1 saturated heterocycles. The molecular weight excluding hydrogens is 270 g/mol. The highest BCUT2D eigenvalue weighted by Gasteiger charge is 2.31. The molecule has 20 heavy (non-hydrogen) atoms. The molecule has 2 aromatic rings. The highest BCUT2D eigenvalue weighted by atomic mass is 32.1. The maximum Gasteiger partial charge on any atom is 0.108 e. The predicted octanol–water partition coefficient (Wildman–Crippen LogP) is 1.79. The van der Waals surface area contributed by atoms with Crippen LogP contribution in [0.1, 0.15) is 11.4 Å². The molecule has 1 fully saturated rings. The fraction of sp³-hybridized carbons (Fsp3) is 0.533. The molecule has 1 aromatic heterocycles. The minimum absolute atomic E-state index is 0.200. The molecule has 0 saturated carbocycles. The molecule has 2 unspecified atom stereocenters. The van der Waals surface area contributed by atoms with Crippen molar-refractivity contribution in [1.29, 1.82) is 0 Å². The Labute approximate surface area is 123 Å². The van der Waals surface area contributed by atoms with Gasteiger partial charge in [-0.1, -0.05) is 12.1 Å². The van der Waals surface area contributed by atoms with E-state index in [1.54, 1.807) is 11.3 Å². The number of benzene rings is 1. The molecule has 2 atom stereocenters. The molecule has 0 radical (unpaired) electrons. The van der Waals surface area contributed by atoms with Gasteiger partial charge in [-0.3, -0.25) is 4.90 Å². The Morgan fingerprint density at radius 2 is 2.20 bits per heavy atom. The van der Waals surface area contributed by atoms with Crippen molar-refractivity contribution < 1.29 is 5.11 Å². The van der Waals surface area contributed by atoms with E-state index < -0.39 is 0 Å². The summed E-state index contributed by atoms with van der Waals surface area (Å²) < 4.78 is 1.24. The Hall–Kier alpha value is -1.01. The summed E-state index contributed by atoms with van der Waals surface area (Å²) in [5, 5.41) is 11.1. The van der Waals surface area contributed by atoms with Crippen molar-refractivity contribution in [2.45, 2.75) is 25.1 Å². The fourth-order valence-corrected chi connectivity index (χ4v) is 3.92. The molecule has 5 heteroatoms. The topological polar surface area (TPSA) is 39.6 Å². The van der Waals surface area contributed by atoms with Crippen molar-refractivity contribution in [2.24, 2.45) is 0 Å². The van der Waals surface area contributed by atoms with E-state index >= 15 is 0 Å². The van der Waals surface area contributed by atoms with Gasteiger partial charge in [0.05, 0.1) is 22.9 Å². The van der Waals surface area contributed by atoms with E-state index in [0.29, 0.717) is 6.04 Å². The van der Waals surface area contributed by atoms with Crippen molar-refractivity contribution in [1.82, 2.24) is 14.8 Å². The highest BCUT2D eigenvalue weighted by molar-refractivity contribution is 7.18. The average Bonchev–Trinajstić information content (AvgIpc) is 2.92. The van der Waals surface area contributed by atoms with Crippen molar-refractivity contribution in [3.05, 3.63) is 29.3 Å². The van der Waals surface area contributed by atoms with Crippen LogP contribution in [-0.4, -0.2) is 59.2 Å². The van der Waals surface area contributed by atoms with Gasteiger partial charge >= 0.3 is 0 Å². The van der Waals surface area contributed by atoms with Gasteiger partial charge in [0.15, 0.2) is 0 Å². The van der Waals surface area contributed by atoms with E-state index in [1.807, 2.05) is 6.07 Å². The van der Waals surface area contributed by atoms with E-state index in [9.17, 15) is 5.11 Å². The second kappa shape index (κ2) is 5.77. The fourth-order valence-electron chi connectivity index (χ4n) is 2.92. The molecule has 0 aliphatic carbocycles. The zero-order valence-electron chi connectivity index (χ0n) is 12.0. The zero-order valence-corrected chi connectivity index (χ0v) is 12.8. The normalized spacial score (nSPS) is 24.0. The lowest BCUT2D eigenvalue weighted by atomic mass is 10.2. The van der Waals surface area contributed by atoms with E-state index in [2.05, 4.69) is 42.1 Å². The van der Waals surface area contributed by atoms with E-state index in [-0.39, 0.29) is 6.10 Å². The third-order valence-corrected chi connectivity index (χ3v) is 4.78. The van der Waals surface area contributed by atoms with Gasteiger partial charge in [0, 0.05) is 19.1 Å². The molecule has 1 N–H and O–H groups in total. The Morgan fingerprint density at radius 1 is 1.40 bits per heavy atom. The maximum absolute atomic E-state index is 9.92. The third kappa shape index (κ3) is 3.01. The Bertz CT molecular complexity index is 550. The largest absolute Gasteiger partial charge is 0.392 e. The number of likely N-dealkylation sites (tertiary alicyclic amines) is 1. The third-order valence-electron chi connectivity index (χ3n) is 3.76. The first-order valence-electron chi connectivity index (χ1n) is 7.03. The number of aromatic nitrogens is 1. The summed E-state index contributed by atoms with van der Waals surface area (Å²) in [5.41, 5.74) is 1.08. The summed E-state index contributed by atoms with van der Waals surface area (Å²) in [6.45, 7) is 2.59. The Kier molecular flexibility index (Phi) is 4.03. The number of hydrogen-bond acceptors (Lipinski definition) is 5. The number of β-amino-alcohol motifs (C(OH)–C–C–N with tert-alkyl or cyclic N) is 1. The highest BCUT2D eigenvalue weighted by Crippen LogP contribution is 2.26. The van der Waals surface area contributed by atoms with Gasteiger partial charge in [-0.25, -0.2) is 4.98 Å². The lowest BCUT2D eigenvalue weighted by Gasteiger charge is -2.25. The van der Waals surface area contributed by atoms with Gasteiger partial charge in [-0.2, -0.15) is 0 Å². The van der Waals surface area contributed by atoms with Gasteiger partial charge in [0.25, 0.3) is 0 Å². The maximum atomic E-state index is 9.92. The average molecular weight is 291 g/mol. The predicted molar refractivity (Wildman–Crippen MR) is 83.0 cm³/mol. The molecule has 108 valence electrons. The van der Waals surface area contributed by atoms with E-state index in [1.165, 1.54) is 4.70 Å². The van der Waals surface area contributed by atoms with Crippen LogP contribution in [0.2, 0.25) is 0 Å². The summed E-state index contributed by atoms with van der Waals surface area (Å²) >= 11 is 1.76. The number of rotatable bonds is 4. The van der Waals surface area contributed by atoms with Crippen molar-refractivity contribution in [3.63, 3.8) is 0 Å². The van der Waals surface area contributed by atoms with Crippen molar-refractivity contribution in [3.8, 4) is 0 Å². The number of aliphatic hydroxyl groups is 1. The van der Waals surface area contributed by atoms with Crippen LogP contribution in [0.25, 0.3) is 10.2 Å². The minimum Gasteiger partial charge on any atom is -0.392 e. The first-order valence-corrected chi connectivity index (χ1v) is 7.85. The minimum atomic E-state index is -0.200. The number of fused-ring (bicyclic) bond motifs is 1. The second-order valence-corrected chi connectivity index (χ2v) is 6.93. The van der Waals surface area contributed by atoms with Crippen molar-refractivity contribution in [2.75, 3.05) is 27.2 Å². The second-order valence-electron chi connectivity index (χ2n) is 5.81. The molecule has 1 aliphatic rings. The Balaban J connectivity index is 1.75. The molecule has 3 rings (SSSR count). The molecule has 0 bridgehead atoms. The number of nitrogens with zero attached hydrogens (tertiary/aromatic N) is 3. The van der Waals surface area contributed by atoms with Crippen LogP contribution in [-0.2, 0) is 6.54 Å².